The molecule has 42 heavy (non-hydrogen) atoms. The highest BCUT2D eigenvalue weighted by Gasteiger charge is 2.72. The number of carbonyl (C=O) groups excluding carboxylic acids is 2. The molecular weight excluding hydrogens is 580 g/mol. The maximum absolute atomic E-state index is 16.1. The van der Waals surface area contributed by atoms with Gasteiger partial charge in [0.2, 0.25) is 11.8 Å². The molecule has 4 N–H and O–H groups in total. The summed E-state index contributed by atoms with van der Waals surface area (Å²) in [4.78, 5) is 41.0. The van der Waals surface area contributed by atoms with Gasteiger partial charge >= 0.3 is 5.97 Å². The lowest BCUT2D eigenvalue weighted by atomic mass is 9.55. The molecule has 2 aliphatic heterocycles. The van der Waals surface area contributed by atoms with E-state index in [0.717, 1.165) is 19.3 Å². The first-order chi connectivity index (χ1) is 20.1. The molecule has 0 radical (unpaired) electrons. The summed E-state index contributed by atoms with van der Waals surface area (Å²) < 4.78 is 16.1. The van der Waals surface area contributed by atoms with Crippen molar-refractivity contribution in [1.29, 1.82) is 0 Å². The third kappa shape index (κ3) is 3.77. The molecule has 10 heteroatoms. The van der Waals surface area contributed by atoms with Crippen molar-refractivity contribution in [1.82, 2.24) is 10.6 Å². The zero-order valence-corrected chi connectivity index (χ0v) is 24.7. The van der Waals surface area contributed by atoms with Crippen LogP contribution < -0.4 is 16.0 Å². The van der Waals surface area contributed by atoms with Crippen LogP contribution in [0.4, 0.5) is 10.1 Å². The number of fused-ring (bicyclic) bond motifs is 6. The topological polar surface area (TPSA) is 108 Å². The van der Waals surface area contributed by atoms with E-state index >= 15 is 4.39 Å². The standard InChI is InChI=1S/C32H34Cl2FN3O4/c33-18-7-8-20-22(17-18)36-27(40)32(20)23(19-5-4-6-21(34)24(19)35)25(37-31(32)9-2-1-3-10-31)26(39)38-30-14-11-29(12-15-30,13-16-30)28(41)42/h4-8,17,23,25,37H,1-3,9-16H2,(H,36,40)(H,38,39)(H,41,42). The molecule has 4 aliphatic carbocycles. The van der Waals surface area contributed by atoms with E-state index in [2.05, 4.69) is 16.0 Å². The molecule has 2 bridgehead atoms. The fourth-order valence-corrected chi connectivity index (χ4v) is 9.60. The number of rotatable bonds is 4. The van der Waals surface area contributed by atoms with Crippen molar-refractivity contribution in [2.24, 2.45) is 5.41 Å². The van der Waals surface area contributed by atoms with Gasteiger partial charge < -0.3 is 15.7 Å². The van der Waals surface area contributed by atoms with Crippen molar-refractivity contribution in [3.63, 3.8) is 0 Å². The largest absolute Gasteiger partial charge is 0.481 e. The van der Waals surface area contributed by atoms with Crippen molar-refractivity contribution in [3.8, 4) is 0 Å². The van der Waals surface area contributed by atoms with E-state index in [9.17, 15) is 19.5 Å². The minimum atomic E-state index is -1.28. The Hall–Kier alpha value is -2.68. The van der Waals surface area contributed by atoms with Crippen molar-refractivity contribution < 1.29 is 23.9 Å². The minimum absolute atomic E-state index is 0.0655. The number of hydrogen-bond donors (Lipinski definition) is 4. The highest BCUT2D eigenvalue weighted by Crippen LogP contribution is 2.63. The molecule has 0 aromatic heterocycles. The van der Waals surface area contributed by atoms with E-state index in [1.54, 1.807) is 24.3 Å². The Balaban J connectivity index is 1.37. The van der Waals surface area contributed by atoms with Crippen LogP contribution in [0.15, 0.2) is 36.4 Å². The summed E-state index contributed by atoms with van der Waals surface area (Å²) in [5, 5.41) is 20.3. The second kappa shape index (κ2) is 9.66. The number of amides is 2. The predicted octanol–water partition coefficient (Wildman–Crippen LogP) is 6.07. The Bertz CT molecular complexity index is 1480. The van der Waals surface area contributed by atoms with Gasteiger partial charge in [-0.15, -0.1) is 0 Å². The maximum atomic E-state index is 16.1. The average molecular weight is 615 g/mol. The van der Waals surface area contributed by atoms with Crippen LogP contribution in [0.5, 0.6) is 0 Å². The van der Waals surface area contributed by atoms with Gasteiger partial charge in [-0.3, -0.25) is 19.7 Å². The summed E-state index contributed by atoms with van der Waals surface area (Å²) in [5.41, 5.74) is -1.80. The number of benzene rings is 2. The number of carbonyl (C=O) groups is 3. The third-order valence-electron chi connectivity index (χ3n) is 11.4. The van der Waals surface area contributed by atoms with Crippen LogP contribution in [-0.2, 0) is 19.8 Å². The molecule has 2 spiro atoms. The highest BCUT2D eigenvalue weighted by molar-refractivity contribution is 6.31. The molecule has 2 aromatic rings. The van der Waals surface area contributed by atoms with Crippen LogP contribution in [0.25, 0.3) is 0 Å². The second-order valence-electron chi connectivity index (χ2n) is 13.2. The van der Waals surface area contributed by atoms with E-state index in [1.807, 2.05) is 6.07 Å². The molecule has 6 aliphatic rings. The molecule has 2 heterocycles. The maximum Gasteiger partial charge on any atom is 0.309 e. The summed E-state index contributed by atoms with van der Waals surface area (Å²) in [5.74, 6) is -2.85. The molecule has 8 rings (SSSR count). The van der Waals surface area contributed by atoms with Gasteiger partial charge in [-0.1, -0.05) is 60.7 Å². The summed E-state index contributed by atoms with van der Waals surface area (Å²) in [6, 6.07) is 9.16. The molecule has 222 valence electrons. The number of carboxylic acids is 1. The van der Waals surface area contributed by atoms with Crippen molar-refractivity contribution in [2.45, 2.75) is 99.1 Å². The van der Waals surface area contributed by atoms with Gasteiger partial charge in [-0.05, 0) is 80.7 Å². The van der Waals surface area contributed by atoms with Crippen molar-refractivity contribution in [3.05, 3.63) is 63.4 Å². The fourth-order valence-electron chi connectivity index (χ4n) is 9.25. The van der Waals surface area contributed by atoms with E-state index in [-0.39, 0.29) is 22.4 Å². The lowest BCUT2D eigenvalue weighted by Crippen LogP contribution is -2.62. The number of anilines is 1. The lowest BCUT2D eigenvalue weighted by Gasteiger charge is -2.52. The summed E-state index contributed by atoms with van der Waals surface area (Å²) in [6.07, 6.45) is 7.30. The first-order valence-electron chi connectivity index (χ1n) is 15.0. The van der Waals surface area contributed by atoms with Gasteiger partial charge in [-0.25, -0.2) is 4.39 Å². The van der Waals surface area contributed by atoms with Crippen molar-refractivity contribution in [2.75, 3.05) is 5.32 Å². The third-order valence-corrected chi connectivity index (χ3v) is 11.9. The molecule has 1 saturated heterocycles. The van der Waals surface area contributed by atoms with Crippen LogP contribution in [0.2, 0.25) is 10.0 Å². The molecule has 4 saturated carbocycles. The highest BCUT2D eigenvalue weighted by atomic mass is 35.5. The Morgan fingerprint density at radius 3 is 2.31 bits per heavy atom. The van der Waals surface area contributed by atoms with Crippen LogP contribution >= 0.6 is 23.2 Å². The van der Waals surface area contributed by atoms with E-state index in [1.165, 1.54) is 6.07 Å². The first kappa shape index (κ1) is 28.1. The molecule has 3 atom stereocenters. The van der Waals surface area contributed by atoms with Crippen LogP contribution in [0.3, 0.4) is 0 Å². The van der Waals surface area contributed by atoms with Gasteiger partial charge in [0.25, 0.3) is 0 Å². The van der Waals surface area contributed by atoms with E-state index in [0.29, 0.717) is 67.6 Å². The quantitative estimate of drug-likeness (QED) is 0.334. The van der Waals surface area contributed by atoms with Gasteiger partial charge in [0, 0.05) is 27.7 Å². The van der Waals surface area contributed by atoms with E-state index < -0.39 is 45.7 Å². The summed E-state index contributed by atoms with van der Waals surface area (Å²) in [6.45, 7) is 0. The fraction of sp³-hybridized carbons (Fsp3) is 0.531. The Morgan fingerprint density at radius 2 is 1.64 bits per heavy atom. The minimum Gasteiger partial charge on any atom is -0.481 e. The number of aliphatic carboxylic acids is 1. The summed E-state index contributed by atoms with van der Waals surface area (Å²) in [7, 11) is 0. The molecule has 5 fully saturated rings. The lowest BCUT2D eigenvalue weighted by molar-refractivity contribution is -0.157. The van der Waals surface area contributed by atoms with Crippen molar-refractivity contribution >= 4 is 46.7 Å². The second-order valence-corrected chi connectivity index (χ2v) is 14.0. The van der Waals surface area contributed by atoms with Gasteiger partial charge in [0.1, 0.15) is 11.2 Å². The Kier molecular flexibility index (Phi) is 6.47. The SMILES string of the molecule is O=C(NC12CCC(C(=O)O)(CC1)CC2)C1NC2(CCCCC2)C2(C(=O)Nc3cc(Cl)ccc32)C1c1cccc(Cl)c1F. The Morgan fingerprint density at radius 1 is 0.952 bits per heavy atom. The normalized spacial score (nSPS) is 34.4. The van der Waals surface area contributed by atoms with Crippen LogP contribution in [-0.4, -0.2) is 40.0 Å². The summed E-state index contributed by atoms with van der Waals surface area (Å²) >= 11 is 12.7. The van der Waals surface area contributed by atoms with Gasteiger partial charge in [0.05, 0.1) is 16.5 Å². The van der Waals surface area contributed by atoms with Crippen LogP contribution in [0, 0.1) is 11.2 Å². The molecular formula is C32H34Cl2FN3O4. The number of nitrogens with one attached hydrogen (secondary N) is 3. The Labute approximate surface area is 253 Å². The van der Waals surface area contributed by atoms with Gasteiger partial charge in [0.15, 0.2) is 0 Å². The number of carboxylic acid groups (broad SMARTS) is 1. The molecule has 3 unspecified atom stereocenters. The number of halogens is 3. The zero-order chi connectivity index (χ0) is 29.5. The van der Waals surface area contributed by atoms with E-state index in [4.69, 9.17) is 23.2 Å². The predicted molar refractivity (Wildman–Crippen MR) is 157 cm³/mol. The molecule has 2 aromatic carbocycles. The first-order valence-corrected chi connectivity index (χ1v) is 15.7. The average Bonchev–Trinajstić information content (AvgIpc) is 3.43. The van der Waals surface area contributed by atoms with Gasteiger partial charge in [-0.2, -0.15) is 0 Å². The molecule has 7 nitrogen and oxygen atoms in total. The monoisotopic (exact) mass is 613 g/mol. The number of hydrogen-bond acceptors (Lipinski definition) is 4. The zero-order valence-electron chi connectivity index (χ0n) is 23.2. The smallest absolute Gasteiger partial charge is 0.309 e. The van der Waals surface area contributed by atoms with Crippen LogP contribution in [0.1, 0.15) is 87.7 Å². The molecule has 2 amide bonds.